The number of aromatic nitrogens is 1. The molecule has 1 aromatic heterocycles. The van der Waals surface area contributed by atoms with E-state index in [1.165, 1.54) is 12.8 Å². The van der Waals surface area contributed by atoms with Gasteiger partial charge in [0.1, 0.15) is 11.5 Å². The third-order valence-electron chi connectivity index (χ3n) is 4.81. The molecule has 1 N–H and O–H groups in total. The van der Waals surface area contributed by atoms with Crippen LogP contribution in [0.4, 0.5) is 0 Å². The molecule has 0 bridgehead atoms. The molecular weight excluding hydrogens is 467 g/mol. The summed E-state index contributed by atoms with van der Waals surface area (Å²) in [4.78, 5) is 11.1. The highest BCUT2D eigenvalue weighted by molar-refractivity contribution is 14.0. The highest BCUT2D eigenvalue weighted by Gasteiger charge is 2.18. The molecule has 7 heteroatoms. The summed E-state index contributed by atoms with van der Waals surface area (Å²) in [5.41, 5.74) is 1.08. The van der Waals surface area contributed by atoms with Gasteiger partial charge in [-0.25, -0.2) is 4.98 Å². The van der Waals surface area contributed by atoms with Crippen molar-refractivity contribution in [2.45, 2.75) is 26.3 Å². The average Bonchev–Trinajstić information content (AvgIpc) is 2.71. The van der Waals surface area contributed by atoms with Crippen LogP contribution in [0, 0.1) is 5.92 Å². The fourth-order valence-electron chi connectivity index (χ4n) is 3.10. The van der Waals surface area contributed by atoms with Crippen LogP contribution in [-0.4, -0.2) is 43.1 Å². The van der Waals surface area contributed by atoms with Crippen LogP contribution < -0.4 is 14.8 Å². The zero-order valence-electron chi connectivity index (χ0n) is 16.7. The molecule has 0 amide bonds. The van der Waals surface area contributed by atoms with Gasteiger partial charge >= 0.3 is 0 Å². The zero-order chi connectivity index (χ0) is 19.1. The summed E-state index contributed by atoms with van der Waals surface area (Å²) in [6.45, 7) is 5.12. The van der Waals surface area contributed by atoms with E-state index in [-0.39, 0.29) is 24.0 Å². The Morgan fingerprint density at radius 3 is 2.61 bits per heavy atom. The van der Waals surface area contributed by atoms with Crippen LogP contribution in [0.1, 0.15) is 25.3 Å². The van der Waals surface area contributed by atoms with Crippen molar-refractivity contribution in [2.75, 3.05) is 27.2 Å². The number of pyridine rings is 1. The van der Waals surface area contributed by atoms with E-state index < -0.39 is 0 Å². The molecule has 152 valence electrons. The molecule has 1 aromatic carbocycles. The zero-order valence-corrected chi connectivity index (χ0v) is 19.1. The molecule has 1 saturated heterocycles. The van der Waals surface area contributed by atoms with Crippen LogP contribution in [0.25, 0.3) is 0 Å². The molecule has 0 aliphatic carbocycles. The Morgan fingerprint density at radius 2 is 1.96 bits per heavy atom. The fraction of sp³-hybridized carbons (Fsp3) is 0.429. The fourth-order valence-corrected chi connectivity index (χ4v) is 3.10. The first-order chi connectivity index (χ1) is 13.2. The first-order valence-corrected chi connectivity index (χ1v) is 9.40. The molecule has 6 nitrogen and oxygen atoms in total. The molecule has 3 rings (SSSR count). The molecule has 0 radical (unpaired) electrons. The number of nitrogens with zero attached hydrogens (tertiary/aromatic N) is 3. The Labute approximate surface area is 184 Å². The van der Waals surface area contributed by atoms with Crippen molar-refractivity contribution in [1.82, 2.24) is 15.2 Å². The number of piperidine rings is 1. The van der Waals surface area contributed by atoms with Gasteiger partial charge in [0.25, 0.3) is 0 Å². The lowest BCUT2D eigenvalue weighted by atomic mass is 10.00. The molecule has 28 heavy (non-hydrogen) atoms. The third-order valence-corrected chi connectivity index (χ3v) is 4.81. The van der Waals surface area contributed by atoms with Gasteiger partial charge in [0.15, 0.2) is 5.96 Å². The number of rotatable bonds is 5. The van der Waals surface area contributed by atoms with E-state index in [0.29, 0.717) is 18.2 Å². The van der Waals surface area contributed by atoms with Crippen molar-refractivity contribution >= 4 is 29.9 Å². The molecule has 2 heterocycles. The van der Waals surface area contributed by atoms with Crippen LogP contribution in [0.15, 0.2) is 47.6 Å². The van der Waals surface area contributed by atoms with E-state index >= 15 is 0 Å². The lowest BCUT2D eigenvalue weighted by Crippen LogP contribution is -2.45. The first-order valence-electron chi connectivity index (χ1n) is 9.40. The summed E-state index contributed by atoms with van der Waals surface area (Å²) in [6.07, 6.45) is 4.27. The van der Waals surface area contributed by atoms with E-state index in [1.807, 2.05) is 49.6 Å². The number of halogens is 1. The molecule has 0 saturated carbocycles. The number of likely N-dealkylation sites (tertiary alicyclic amines) is 1. The number of methoxy groups -OCH3 is 1. The highest BCUT2D eigenvalue weighted by atomic mass is 127. The van der Waals surface area contributed by atoms with Gasteiger partial charge in [-0.2, -0.15) is 0 Å². The van der Waals surface area contributed by atoms with Crippen LogP contribution in [0.5, 0.6) is 17.4 Å². The second-order valence-electron chi connectivity index (χ2n) is 6.86. The minimum atomic E-state index is 0. The van der Waals surface area contributed by atoms with Gasteiger partial charge in [0, 0.05) is 45.0 Å². The van der Waals surface area contributed by atoms with Crippen molar-refractivity contribution in [2.24, 2.45) is 10.9 Å². The lowest BCUT2D eigenvalue weighted by Gasteiger charge is -2.32. The summed E-state index contributed by atoms with van der Waals surface area (Å²) in [5, 5.41) is 3.43. The number of hydrogen-bond acceptors (Lipinski definition) is 4. The van der Waals surface area contributed by atoms with Crippen molar-refractivity contribution in [1.29, 1.82) is 0 Å². The SMILES string of the molecule is CN=C(NCc1ccc(Oc2cccc(OC)c2)nc1)N1CCC(C)CC1.I. The largest absolute Gasteiger partial charge is 0.497 e. The molecule has 0 atom stereocenters. The molecule has 2 aromatic rings. The Hall–Kier alpha value is -2.03. The summed E-state index contributed by atoms with van der Waals surface area (Å²) >= 11 is 0. The number of benzene rings is 1. The predicted molar refractivity (Wildman–Crippen MR) is 123 cm³/mol. The van der Waals surface area contributed by atoms with Crippen LogP contribution in [0.3, 0.4) is 0 Å². The Bertz CT molecular complexity index is 759. The van der Waals surface area contributed by atoms with Crippen molar-refractivity contribution < 1.29 is 9.47 Å². The Morgan fingerprint density at radius 1 is 1.21 bits per heavy atom. The maximum absolute atomic E-state index is 5.78. The summed E-state index contributed by atoms with van der Waals surface area (Å²) in [7, 11) is 3.47. The van der Waals surface area contributed by atoms with E-state index in [0.717, 1.165) is 36.3 Å². The van der Waals surface area contributed by atoms with Gasteiger partial charge in [-0.1, -0.05) is 19.1 Å². The second-order valence-corrected chi connectivity index (χ2v) is 6.86. The predicted octanol–water partition coefficient (Wildman–Crippen LogP) is 4.31. The topological polar surface area (TPSA) is 59.0 Å². The van der Waals surface area contributed by atoms with Crippen LogP contribution in [0.2, 0.25) is 0 Å². The molecule has 1 aliphatic heterocycles. The van der Waals surface area contributed by atoms with E-state index in [9.17, 15) is 0 Å². The summed E-state index contributed by atoms with van der Waals surface area (Å²) in [5.74, 6) is 3.78. The lowest BCUT2D eigenvalue weighted by molar-refractivity contribution is 0.273. The Kier molecular flexibility index (Phi) is 8.82. The van der Waals surface area contributed by atoms with Gasteiger partial charge in [0.05, 0.1) is 7.11 Å². The maximum Gasteiger partial charge on any atom is 0.219 e. The summed E-state index contributed by atoms with van der Waals surface area (Å²) < 4.78 is 11.0. The van der Waals surface area contributed by atoms with Gasteiger partial charge in [-0.3, -0.25) is 4.99 Å². The number of aliphatic imine (C=N–C) groups is 1. The van der Waals surface area contributed by atoms with Gasteiger partial charge in [0.2, 0.25) is 5.88 Å². The van der Waals surface area contributed by atoms with Crippen molar-refractivity contribution in [3.63, 3.8) is 0 Å². The minimum absolute atomic E-state index is 0. The quantitative estimate of drug-likeness (QED) is 0.380. The van der Waals surface area contributed by atoms with Crippen molar-refractivity contribution in [3.05, 3.63) is 48.2 Å². The van der Waals surface area contributed by atoms with E-state index in [2.05, 4.69) is 27.1 Å². The van der Waals surface area contributed by atoms with E-state index in [4.69, 9.17) is 9.47 Å². The van der Waals surface area contributed by atoms with E-state index in [1.54, 1.807) is 7.11 Å². The molecule has 0 unspecified atom stereocenters. The van der Waals surface area contributed by atoms with Crippen LogP contribution in [-0.2, 0) is 6.54 Å². The highest BCUT2D eigenvalue weighted by Crippen LogP contribution is 2.23. The van der Waals surface area contributed by atoms with Crippen LogP contribution >= 0.6 is 24.0 Å². The number of nitrogens with one attached hydrogen (secondary N) is 1. The molecule has 0 spiro atoms. The molecule has 1 aliphatic rings. The normalized spacial score (nSPS) is 15.0. The first kappa shape index (κ1) is 22.3. The van der Waals surface area contributed by atoms with Gasteiger partial charge in [-0.05, 0) is 36.5 Å². The third kappa shape index (κ3) is 6.25. The summed E-state index contributed by atoms with van der Waals surface area (Å²) in [6, 6.07) is 11.4. The monoisotopic (exact) mass is 496 g/mol. The molecular formula is C21H29IN4O2. The minimum Gasteiger partial charge on any atom is -0.497 e. The Balaban J connectivity index is 0.00000280. The standard InChI is InChI=1S/C21H28N4O2.HI/c1-16-9-11-25(12-10-16)21(22-2)24-15-17-7-8-20(23-14-17)27-19-6-4-5-18(13-19)26-3;/h4-8,13-14,16H,9-12,15H2,1-3H3,(H,22,24);1H. The number of guanidine groups is 1. The van der Waals surface area contributed by atoms with Crippen molar-refractivity contribution in [3.8, 4) is 17.4 Å². The second kappa shape index (κ2) is 11.1. The smallest absolute Gasteiger partial charge is 0.219 e. The number of ether oxygens (including phenoxy) is 2. The average molecular weight is 496 g/mol. The molecule has 1 fully saturated rings. The van der Waals surface area contributed by atoms with Gasteiger partial charge in [-0.15, -0.1) is 24.0 Å². The maximum atomic E-state index is 5.78. The van der Waals surface area contributed by atoms with Gasteiger partial charge < -0.3 is 19.7 Å². The number of hydrogen-bond donors (Lipinski definition) is 1.